The number of hydrogen-bond acceptors (Lipinski definition) is 9. The van der Waals surface area contributed by atoms with E-state index in [0.29, 0.717) is 5.01 Å². The maximum Gasteiger partial charge on any atom is 0.358 e. The van der Waals surface area contributed by atoms with Crippen molar-refractivity contribution in [3.05, 3.63) is 57.6 Å². The number of primary amides is 1. The van der Waals surface area contributed by atoms with Crippen LogP contribution < -0.4 is 5.73 Å². The summed E-state index contributed by atoms with van der Waals surface area (Å²) in [6, 6.07) is 4.93. The molecule has 3 aromatic heterocycles. The average Bonchev–Trinajstić information content (AvgIpc) is 3.46. The van der Waals surface area contributed by atoms with E-state index in [1.165, 1.54) is 30.4 Å². The molecule has 0 fully saturated rings. The Bertz CT molecular complexity index is 1360. The summed E-state index contributed by atoms with van der Waals surface area (Å²) in [6.07, 6.45) is 0. The van der Waals surface area contributed by atoms with Crippen LogP contribution in [0.2, 0.25) is 0 Å². The van der Waals surface area contributed by atoms with Gasteiger partial charge in [0.25, 0.3) is 11.8 Å². The summed E-state index contributed by atoms with van der Waals surface area (Å²) in [5.74, 6) is -3.50. The molecule has 1 amide bonds. The molecule has 13 heteroatoms. The van der Waals surface area contributed by atoms with Crippen molar-refractivity contribution < 1.29 is 28.3 Å². The molecule has 4 aromatic rings. The van der Waals surface area contributed by atoms with Crippen molar-refractivity contribution in [2.24, 2.45) is 5.73 Å². The molecule has 0 aliphatic heterocycles. The minimum absolute atomic E-state index is 0.0234. The fourth-order valence-corrected chi connectivity index (χ4v) is 3.57. The predicted octanol–water partition coefficient (Wildman–Crippen LogP) is 2.24. The number of aromatic nitrogens is 5. The number of carbonyl (C=O) groups is 3. The number of oxazole rings is 1. The number of aromatic carboxylic acids is 1. The van der Waals surface area contributed by atoms with Crippen LogP contribution in [0.4, 0.5) is 4.39 Å². The van der Waals surface area contributed by atoms with Crippen molar-refractivity contribution >= 4 is 29.0 Å². The van der Waals surface area contributed by atoms with Crippen molar-refractivity contribution in [1.82, 2.24) is 25.0 Å². The summed E-state index contributed by atoms with van der Waals surface area (Å²) in [4.78, 5) is 44.2. The minimum atomic E-state index is -1.40. The number of benzene rings is 1. The van der Waals surface area contributed by atoms with Crippen molar-refractivity contribution in [2.75, 3.05) is 0 Å². The van der Waals surface area contributed by atoms with E-state index >= 15 is 0 Å². The molecule has 0 radical (unpaired) electrons. The number of Topliss-reactive ketones (excluding diaryl/α,β-unsaturated/α-hetero) is 1. The highest BCUT2D eigenvalue weighted by molar-refractivity contribution is 7.09. The van der Waals surface area contributed by atoms with Gasteiger partial charge in [0.15, 0.2) is 28.6 Å². The van der Waals surface area contributed by atoms with Crippen molar-refractivity contribution in [3.63, 3.8) is 0 Å². The molecule has 0 atom stereocenters. The van der Waals surface area contributed by atoms with Crippen molar-refractivity contribution in [3.8, 4) is 22.9 Å². The van der Waals surface area contributed by atoms with Gasteiger partial charge in [0, 0.05) is 17.9 Å². The van der Waals surface area contributed by atoms with Gasteiger partial charge in [-0.1, -0.05) is 0 Å². The molecular formula is C19H13FN6O5S. The van der Waals surface area contributed by atoms with Gasteiger partial charge in [0.05, 0.1) is 0 Å². The van der Waals surface area contributed by atoms with Crippen LogP contribution in [0.3, 0.4) is 0 Å². The Balaban J connectivity index is 1.76. The lowest BCUT2D eigenvalue weighted by Crippen LogP contribution is -2.14. The highest BCUT2D eigenvalue weighted by atomic mass is 32.1. The van der Waals surface area contributed by atoms with Gasteiger partial charge in [0.1, 0.15) is 23.1 Å². The number of ketones is 1. The molecule has 3 heterocycles. The van der Waals surface area contributed by atoms with Crippen molar-refractivity contribution in [2.45, 2.75) is 13.5 Å². The molecule has 3 N–H and O–H groups in total. The molecular weight excluding hydrogens is 443 g/mol. The topological polar surface area (TPSA) is 167 Å². The van der Waals surface area contributed by atoms with Gasteiger partial charge in [-0.15, -0.1) is 21.5 Å². The smallest absolute Gasteiger partial charge is 0.358 e. The lowest BCUT2D eigenvalue weighted by atomic mass is 10.1. The Labute approximate surface area is 182 Å². The second-order valence-corrected chi connectivity index (χ2v) is 7.43. The number of carboxylic acid groups (broad SMARTS) is 1. The standard InChI is InChI=1S/C19H13FN6O5S/c1-8(27)11-7-32-12(22-11)6-26-24-13(17(21)28)14(25-26)18-23-15(19(29)30)16(31-18)9-2-4-10(20)5-3-9/h2-5,7H,6H2,1H3,(H2,21,28)(H,29,30). The second-order valence-electron chi connectivity index (χ2n) is 6.48. The molecule has 4 rings (SSSR count). The summed E-state index contributed by atoms with van der Waals surface area (Å²) in [5.41, 5.74) is 5.02. The van der Waals surface area contributed by atoms with Crippen LogP contribution in [0.1, 0.15) is 43.4 Å². The first-order chi connectivity index (χ1) is 15.2. The lowest BCUT2D eigenvalue weighted by molar-refractivity contribution is 0.0691. The monoisotopic (exact) mass is 456 g/mol. The lowest BCUT2D eigenvalue weighted by Gasteiger charge is -1.97. The molecule has 1 aromatic carbocycles. The van der Waals surface area contributed by atoms with Gasteiger partial charge in [-0.3, -0.25) is 9.59 Å². The molecule has 0 unspecified atom stereocenters. The van der Waals surface area contributed by atoms with Crippen LogP contribution in [-0.4, -0.2) is 47.7 Å². The van der Waals surface area contributed by atoms with E-state index in [-0.39, 0.29) is 46.6 Å². The number of halogens is 1. The van der Waals surface area contributed by atoms with Crippen LogP contribution in [-0.2, 0) is 6.54 Å². The third-order valence-corrected chi connectivity index (χ3v) is 5.05. The third kappa shape index (κ3) is 4.00. The Hall–Kier alpha value is -4.26. The molecule has 162 valence electrons. The number of rotatable bonds is 7. The SMILES string of the molecule is CC(=O)c1csc(Cn2nc(C(N)=O)c(-c3nc(C(=O)O)c(-c4ccc(F)cc4)o3)n2)n1. The Morgan fingerprint density at radius 1 is 1.16 bits per heavy atom. The fourth-order valence-electron chi connectivity index (χ4n) is 2.76. The van der Waals surface area contributed by atoms with E-state index in [9.17, 15) is 23.9 Å². The maximum absolute atomic E-state index is 13.2. The third-order valence-electron chi connectivity index (χ3n) is 4.22. The zero-order valence-electron chi connectivity index (χ0n) is 16.3. The first-order valence-corrected chi connectivity index (χ1v) is 9.81. The number of carboxylic acids is 1. The van der Waals surface area contributed by atoms with Crippen LogP contribution in [0.5, 0.6) is 0 Å². The zero-order chi connectivity index (χ0) is 23.0. The van der Waals surface area contributed by atoms with Gasteiger partial charge in [-0.05, 0) is 24.3 Å². The summed E-state index contributed by atoms with van der Waals surface area (Å²) < 4.78 is 18.8. The summed E-state index contributed by atoms with van der Waals surface area (Å²) in [7, 11) is 0. The van der Waals surface area contributed by atoms with Gasteiger partial charge in [-0.2, -0.15) is 9.78 Å². The largest absolute Gasteiger partial charge is 0.476 e. The van der Waals surface area contributed by atoms with Crippen LogP contribution in [0.25, 0.3) is 22.9 Å². The zero-order valence-corrected chi connectivity index (χ0v) is 17.1. The first kappa shape index (κ1) is 21.0. The maximum atomic E-state index is 13.2. The van der Waals surface area contributed by atoms with Crippen molar-refractivity contribution in [1.29, 1.82) is 0 Å². The molecule has 11 nitrogen and oxygen atoms in total. The van der Waals surface area contributed by atoms with Crippen LogP contribution in [0, 0.1) is 5.82 Å². The van der Waals surface area contributed by atoms with E-state index in [2.05, 4.69) is 20.2 Å². The van der Waals surface area contributed by atoms with Gasteiger partial charge >= 0.3 is 5.97 Å². The van der Waals surface area contributed by atoms with Gasteiger partial charge in [0.2, 0.25) is 0 Å². The highest BCUT2D eigenvalue weighted by Crippen LogP contribution is 2.30. The summed E-state index contributed by atoms with van der Waals surface area (Å²) in [5, 5.41) is 19.8. The van der Waals surface area contributed by atoms with Gasteiger partial charge in [-0.25, -0.2) is 14.2 Å². The number of thiazole rings is 1. The van der Waals surface area contributed by atoms with Gasteiger partial charge < -0.3 is 15.3 Å². The van der Waals surface area contributed by atoms with E-state index in [1.54, 1.807) is 5.38 Å². The molecule has 0 saturated heterocycles. The summed E-state index contributed by atoms with van der Waals surface area (Å²) in [6.45, 7) is 1.41. The van der Waals surface area contributed by atoms with E-state index < -0.39 is 23.4 Å². The number of carbonyl (C=O) groups excluding carboxylic acids is 2. The minimum Gasteiger partial charge on any atom is -0.476 e. The normalized spacial score (nSPS) is 10.9. The molecule has 32 heavy (non-hydrogen) atoms. The highest BCUT2D eigenvalue weighted by Gasteiger charge is 2.27. The van der Waals surface area contributed by atoms with Crippen LogP contribution in [0.15, 0.2) is 34.1 Å². The Morgan fingerprint density at radius 3 is 2.47 bits per heavy atom. The molecule has 0 saturated carbocycles. The van der Waals surface area contributed by atoms with E-state index in [0.717, 1.165) is 16.9 Å². The fraction of sp³-hybridized carbons (Fsp3) is 0.105. The Morgan fingerprint density at radius 2 is 1.88 bits per heavy atom. The average molecular weight is 456 g/mol. The molecule has 0 aliphatic rings. The van der Waals surface area contributed by atoms with E-state index in [1.807, 2.05) is 0 Å². The molecule has 0 aliphatic carbocycles. The Kier molecular flexibility index (Phi) is 5.32. The number of nitrogens with two attached hydrogens (primary N) is 1. The number of amides is 1. The summed E-state index contributed by atoms with van der Waals surface area (Å²) >= 11 is 1.20. The second kappa shape index (κ2) is 8.11. The first-order valence-electron chi connectivity index (χ1n) is 8.93. The predicted molar refractivity (Wildman–Crippen MR) is 108 cm³/mol. The molecule has 0 spiro atoms. The molecule has 0 bridgehead atoms. The number of nitrogens with zero attached hydrogens (tertiary/aromatic N) is 5. The quantitative estimate of drug-likeness (QED) is 0.396. The number of hydrogen-bond donors (Lipinski definition) is 2. The van der Waals surface area contributed by atoms with E-state index in [4.69, 9.17) is 10.2 Å². The van der Waals surface area contributed by atoms with Crippen LogP contribution >= 0.6 is 11.3 Å².